The molecule has 1 aromatic heterocycles. The minimum atomic E-state index is -1.12. The summed E-state index contributed by atoms with van der Waals surface area (Å²) in [5, 5.41) is 8.68. The predicted octanol–water partition coefficient (Wildman–Crippen LogP) is 0.901. The number of carboxylic acids is 1. The number of hydrogen-bond donors (Lipinski definition) is 1. The van der Waals surface area contributed by atoms with Crippen LogP contribution in [0.2, 0.25) is 0 Å². The van der Waals surface area contributed by atoms with Gasteiger partial charge >= 0.3 is 5.97 Å². The van der Waals surface area contributed by atoms with Gasteiger partial charge in [-0.15, -0.1) is 0 Å². The zero-order chi connectivity index (χ0) is 9.14. The van der Waals surface area contributed by atoms with Gasteiger partial charge in [0.25, 0.3) is 0 Å². The van der Waals surface area contributed by atoms with Crippen LogP contribution in [-0.2, 0) is 0 Å². The molecule has 0 radical (unpaired) electrons. The minimum absolute atomic E-state index is 0.0208. The van der Waals surface area contributed by atoms with Gasteiger partial charge in [0, 0.05) is 6.20 Å². The summed E-state index contributed by atoms with van der Waals surface area (Å²) in [5.41, 5.74) is 0.495. The lowest BCUT2D eigenvalue weighted by molar-refractivity contribution is 0.0692. The fourth-order valence-electron chi connectivity index (χ4n) is 0.947. The van der Waals surface area contributed by atoms with Gasteiger partial charge in [-0.05, 0) is 18.6 Å². The van der Waals surface area contributed by atoms with E-state index in [0.717, 1.165) is 0 Å². The summed E-state index contributed by atoms with van der Waals surface area (Å²) in [6.07, 6.45) is 1.85. The lowest BCUT2D eigenvalue weighted by atomic mass is 10.1. The zero-order valence-corrected chi connectivity index (χ0v) is 6.44. The Morgan fingerprint density at radius 1 is 1.67 bits per heavy atom. The van der Waals surface area contributed by atoms with Crippen LogP contribution < -0.4 is 0 Å². The maximum atomic E-state index is 10.6. The number of hydrogen-bond acceptors (Lipinski definition) is 3. The lowest BCUT2D eigenvalue weighted by Crippen LogP contribution is -2.06. The van der Waals surface area contributed by atoms with Crippen LogP contribution >= 0.6 is 0 Å². The van der Waals surface area contributed by atoms with Gasteiger partial charge in [-0.2, -0.15) is 0 Å². The molecule has 0 amide bonds. The molecule has 4 nitrogen and oxygen atoms in total. The molecule has 4 heteroatoms. The molecular formula is C8H7NO3. The number of rotatable bonds is 2. The number of aromatic nitrogens is 1. The second kappa shape index (κ2) is 3.13. The van der Waals surface area contributed by atoms with Gasteiger partial charge in [0.1, 0.15) is 5.69 Å². The van der Waals surface area contributed by atoms with Crippen LogP contribution in [0.1, 0.15) is 26.4 Å². The molecule has 0 saturated carbocycles. The van der Waals surface area contributed by atoms with E-state index >= 15 is 0 Å². The average molecular weight is 165 g/mol. The minimum Gasteiger partial charge on any atom is -0.478 e. The topological polar surface area (TPSA) is 67.3 Å². The molecule has 62 valence electrons. The van der Waals surface area contributed by atoms with E-state index in [1.165, 1.54) is 6.20 Å². The molecule has 0 spiro atoms. The van der Waals surface area contributed by atoms with E-state index in [-0.39, 0.29) is 11.3 Å². The quantitative estimate of drug-likeness (QED) is 0.661. The van der Waals surface area contributed by atoms with Crippen molar-refractivity contribution in [1.29, 1.82) is 0 Å². The van der Waals surface area contributed by atoms with E-state index in [2.05, 4.69) is 4.98 Å². The first-order valence-electron chi connectivity index (χ1n) is 3.31. The Kier molecular flexibility index (Phi) is 2.19. The summed E-state index contributed by atoms with van der Waals surface area (Å²) in [6.45, 7) is 1.62. The van der Waals surface area contributed by atoms with Crippen molar-refractivity contribution in [3.05, 3.63) is 29.1 Å². The van der Waals surface area contributed by atoms with Gasteiger partial charge in [0.15, 0.2) is 6.29 Å². The Bertz CT molecular complexity index is 333. The largest absolute Gasteiger partial charge is 0.478 e. The molecule has 0 aliphatic heterocycles. The molecule has 0 bridgehead atoms. The smallest absolute Gasteiger partial charge is 0.338 e. The van der Waals surface area contributed by atoms with Crippen LogP contribution in [0.15, 0.2) is 12.3 Å². The Balaban J connectivity index is 3.39. The molecular weight excluding hydrogens is 158 g/mol. The molecule has 1 rings (SSSR count). The second-order valence-electron chi connectivity index (χ2n) is 2.31. The first-order valence-corrected chi connectivity index (χ1v) is 3.31. The van der Waals surface area contributed by atoms with Crippen molar-refractivity contribution < 1.29 is 14.7 Å². The highest BCUT2D eigenvalue weighted by atomic mass is 16.4. The zero-order valence-electron chi connectivity index (χ0n) is 6.44. The van der Waals surface area contributed by atoms with Crippen LogP contribution in [-0.4, -0.2) is 22.3 Å². The highest BCUT2D eigenvalue weighted by molar-refractivity contribution is 5.97. The molecule has 0 aliphatic rings. The first kappa shape index (κ1) is 8.39. The number of aryl methyl sites for hydroxylation is 1. The van der Waals surface area contributed by atoms with Crippen LogP contribution in [0.4, 0.5) is 0 Å². The summed E-state index contributed by atoms with van der Waals surface area (Å²) >= 11 is 0. The molecule has 0 aliphatic carbocycles. The van der Waals surface area contributed by atoms with Crippen molar-refractivity contribution >= 4 is 12.3 Å². The number of pyridine rings is 1. The molecule has 0 fully saturated rings. The Hall–Kier alpha value is -1.71. The van der Waals surface area contributed by atoms with Crippen molar-refractivity contribution in [3.63, 3.8) is 0 Å². The Morgan fingerprint density at radius 3 is 2.75 bits per heavy atom. The fourth-order valence-corrected chi connectivity index (χ4v) is 0.947. The first-order chi connectivity index (χ1) is 5.66. The number of carbonyl (C=O) groups excluding carboxylic acids is 1. The third kappa shape index (κ3) is 1.32. The molecule has 0 atom stereocenters. The molecule has 0 saturated heterocycles. The molecule has 1 heterocycles. The van der Waals surface area contributed by atoms with E-state index in [1.54, 1.807) is 13.0 Å². The number of aromatic carboxylic acids is 1. The molecule has 0 unspecified atom stereocenters. The SMILES string of the molecule is Cc1ccnc(C=O)c1C(=O)O. The van der Waals surface area contributed by atoms with Gasteiger partial charge in [-0.25, -0.2) is 4.79 Å². The molecule has 1 N–H and O–H groups in total. The van der Waals surface area contributed by atoms with Gasteiger partial charge in [0.2, 0.25) is 0 Å². The Morgan fingerprint density at radius 2 is 2.33 bits per heavy atom. The normalized spacial score (nSPS) is 9.42. The molecule has 12 heavy (non-hydrogen) atoms. The van der Waals surface area contributed by atoms with Gasteiger partial charge in [-0.1, -0.05) is 0 Å². The fraction of sp³-hybridized carbons (Fsp3) is 0.125. The number of carbonyl (C=O) groups is 2. The monoisotopic (exact) mass is 165 g/mol. The van der Waals surface area contributed by atoms with Crippen LogP contribution in [0.5, 0.6) is 0 Å². The van der Waals surface area contributed by atoms with E-state index in [9.17, 15) is 9.59 Å². The van der Waals surface area contributed by atoms with Crippen molar-refractivity contribution in [2.45, 2.75) is 6.92 Å². The van der Waals surface area contributed by atoms with Gasteiger partial charge < -0.3 is 5.11 Å². The van der Waals surface area contributed by atoms with Gasteiger partial charge in [-0.3, -0.25) is 9.78 Å². The van der Waals surface area contributed by atoms with Crippen molar-refractivity contribution in [2.75, 3.05) is 0 Å². The summed E-state index contributed by atoms with van der Waals surface area (Å²) in [6, 6.07) is 1.55. The Labute approximate surface area is 68.9 Å². The highest BCUT2D eigenvalue weighted by Gasteiger charge is 2.12. The summed E-state index contributed by atoms with van der Waals surface area (Å²) < 4.78 is 0. The summed E-state index contributed by atoms with van der Waals surface area (Å²) in [7, 11) is 0. The maximum Gasteiger partial charge on any atom is 0.338 e. The van der Waals surface area contributed by atoms with Crippen LogP contribution in [0, 0.1) is 6.92 Å². The second-order valence-corrected chi connectivity index (χ2v) is 2.31. The van der Waals surface area contributed by atoms with E-state index in [4.69, 9.17) is 5.11 Å². The van der Waals surface area contributed by atoms with Gasteiger partial charge in [0.05, 0.1) is 5.56 Å². The average Bonchev–Trinajstić information content (AvgIpc) is 2.03. The van der Waals surface area contributed by atoms with Crippen molar-refractivity contribution in [1.82, 2.24) is 4.98 Å². The van der Waals surface area contributed by atoms with E-state index < -0.39 is 5.97 Å². The van der Waals surface area contributed by atoms with Crippen molar-refractivity contribution in [2.24, 2.45) is 0 Å². The third-order valence-electron chi connectivity index (χ3n) is 1.51. The standard InChI is InChI=1S/C8H7NO3/c1-5-2-3-9-6(4-10)7(5)8(11)12/h2-4H,1H3,(H,11,12). The van der Waals surface area contributed by atoms with Crippen molar-refractivity contribution in [3.8, 4) is 0 Å². The predicted molar refractivity (Wildman–Crippen MR) is 41.3 cm³/mol. The maximum absolute atomic E-state index is 10.6. The van der Waals surface area contributed by atoms with Crippen LogP contribution in [0.25, 0.3) is 0 Å². The third-order valence-corrected chi connectivity index (χ3v) is 1.51. The molecule has 1 aromatic rings. The highest BCUT2D eigenvalue weighted by Crippen LogP contribution is 2.09. The molecule has 0 aromatic carbocycles. The van der Waals surface area contributed by atoms with E-state index in [0.29, 0.717) is 11.8 Å². The summed E-state index contributed by atoms with van der Waals surface area (Å²) in [4.78, 5) is 24.6. The number of aldehydes is 1. The summed E-state index contributed by atoms with van der Waals surface area (Å²) in [5.74, 6) is -1.12. The van der Waals surface area contributed by atoms with E-state index in [1.807, 2.05) is 0 Å². The number of carboxylic acid groups (broad SMARTS) is 1. The lowest BCUT2D eigenvalue weighted by Gasteiger charge is -2.00. The van der Waals surface area contributed by atoms with Crippen LogP contribution in [0.3, 0.4) is 0 Å². The number of nitrogens with zero attached hydrogens (tertiary/aromatic N) is 1.